The van der Waals surface area contributed by atoms with Crippen molar-refractivity contribution in [2.75, 3.05) is 19.6 Å². The predicted octanol–water partition coefficient (Wildman–Crippen LogP) is 3.83. The third kappa shape index (κ3) is 5.79. The van der Waals surface area contributed by atoms with Crippen molar-refractivity contribution in [1.29, 1.82) is 0 Å². The maximum absolute atomic E-state index is 5.49. The zero-order chi connectivity index (χ0) is 14.1. The Kier molecular flexibility index (Phi) is 7.84. The second-order valence-corrected chi connectivity index (χ2v) is 5.21. The fourth-order valence-corrected chi connectivity index (χ4v) is 2.48. The van der Waals surface area contributed by atoms with Crippen molar-refractivity contribution >= 4 is 0 Å². The molecule has 0 amide bonds. The first-order valence-electron chi connectivity index (χ1n) is 7.73. The van der Waals surface area contributed by atoms with Gasteiger partial charge in [-0.3, -0.25) is 0 Å². The molecule has 1 aromatic rings. The van der Waals surface area contributed by atoms with E-state index in [1.165, 1.54) is 19.4 Å². The highest BCUT2D eigenvalue weighted by atomic mass is 16.3. The number of furan rings is 1. The van der Waals surface area contributed by atoms with E-state index < -0.39 is 0 Å². The molecule has 0 aliphatic heterocycles. The summed E-state index contributed by atoms with van der Waals surface area (Å²) in [5, 5.41) is 3.67. The molecular weight excluding hydrogens is 236 g/mol. The quantitative estimate of drug-likeness (QED) is 0.697. The van der Waals surface area contributed by atoms with Crippen molar-refractivity contribution in [3.05, 3.63) is 24.2 Å². The lowest BCUT2D eigenvalue weighted by Gasteiger charge is -2.22. The van der Waals surface area contributed by atoms with Crippen molar-refractivity contribution in [2.45, 2.75) is 59.0 Å². The number of nitrogens with zero attached hydrogens (tertiary/aromatic N) is 1. The van der Waals surface area contributed by atoms with Gasteiger partial charge in [0.15, 0.2) is 0 Å². The topological polar surface area (TPSA) is 28.4 Å². The molecule has 0 fully saturated rings. The van der Waals surface area contributed by atoms with Crippen molar-refractivity contribution < 1.29 is 4.42 Å². The van der Waals surface area contributed by atoms with Crippen LogP contribution in [0.15, 0.2) is 22.8 Å². The Bertz CT molecular complexity index is 307. The third-order valence-corrected chi connectivity index (χ3v) is 3.79. The lowest BCUT2D eigenvalue weighted by atomic mass is 10.1. The highest BCUT2D eigenvalue weighted by Gasteiger charge is 2.14. The Labute approximate surface area is 118 Å². The van der Waals surface area contributed by atoms with Crippen LogP contribution in [0.2, 0.25) is 0 Å². The molecule has 0 aromatic carbocycles. The normalized spacial score (nSPS) is 14.8. The first-order valence-corrected chi connectivity index (χ1v) is 7.73. The van der Waals surface area contributed by atoms with E-state index in [2.05, 4.69) is 44.0 Å². The summed E-state index contributed by atoms with van der Waals surface area (Å²) in [7, 11) is 0. The van der Waals surface area contributed by atoms with Crippen LogP contribution in [0.5, 0.6) is 0 Å². The summed E-state index contributed by atoms with van der Waals surface area (Å²) in [4.78, 5) is 2.48. The lowest BCUT2D eigenvalue weighted by molar-refractivity contribution is 0.284. The van der Waals surface area contributed by atoms with Gasteiger partial charge in [-0.05, 0) is 58.0 Å². The Morgan fingerprint density at radius 3 is 2.53 bits per heavy atom. The summed E-state index contributed by atoms with van der Waals surface area (Å²) in [6.07, 6.45) is 5.29. The molecule has 0 saturated heterocycles. The lowest BCUT2D eigenvalue weighted by Crippen LogP contribution is -2.31. The average molecular weight is 266 g/mol. The molecule has 2 atom stereocenters. The second kappa shape index (κ2) is 9.16. The molecule has 0 bridgehead atoms. The number of hydrogen-bond acceptors (Lipinski definition) is 3. The molecule has 0 aliphatic rings. The molecule has 0 aliphatic carbocycles. The fourth-order valence-electron chi connectivity index (χ4n) is 2.48. The molecule has 0 radical (unpaired) electrons. The minimum Gasteiger partial charge on any atom is -0.468 e. The van der Waals surface area contributed by atoms with Gasteiger partial charge in [0.1, 0.15) is 5.76 Å². The fraction of sp³-hybridized carbons (Fsp3) is 0.750. The number of hydrogen-bond donors (Lipinski definition) is 1. The highest BCUT2D eigenvalue weighted by Crippen LogP contribution is 2.18. The van der Waals surface area contributed by atoms with Crippen molar-refractivity contribution in [3.8, 4) is 0 Å². The summed E-state index contributed by atoms with van der Waals surface area (Å²) < 4.78 is 5.49. The Morgan fingerprint density at radius 2 is 2.00 bits per heavy atom. The van der Waals surface area contributed by atoms with Crippen molar-refractivity contribution in [1.82, 2.24) is 10.2 Å². The van der Waals surface area contributed by atoms with Gasteiger partial charge in [-0.2, -0.15) is 0 Å². The Hall–Kier alpha value is -0.800. The van der Waals surface area contributed by atoms with Crippen LogP contribution in [0.4, 0.5) is 0 Å². The van der Waals surface area contributed by atoms with E-state index in [9.17, 15) is 0 Å². The predicted molar refractivity (Wildman–Crippen MR) is 81.4 cm³/mol. The summed E-state index contributed by atoms with van der Waals surface area (Å²) in [5.74, 6) is 1.05. The van der Waals surface area contributed by atoms with Gasteiger partial charge in [-0.25, -0.2) is 0 Å². The molecule has 110 valence electrons. The smallest absolute Gasteiger partial charge is 0.120 e. The molecule has 1 aromatic heterocycles. The van der Waals surface area contributed by atoms with Crippen LogP contribution >= 0.6 is 0 Å². The van der Waals surface area contributed by atoms with E-state index in [1.807, 2.05) is 6.07 Å². The van der Waals surface area contributed by atoms with Crippen LogP contribution in [-0.2, 0) is 0 Å². The average Bonchev–Trinajstić information content (AvgIpc) is 2.95. The van der Waals surface area contributed by atoms with Crippen LogP contribution in [0.3, 0.4) is 0 Å². The molecule has 0 spiro atoms. The first kappa shape index (κ1) is 16.3. The van der Waals surface area contributed by atoms with Gasteiger partial charge in [-0.15, -0.1) is 0 Å². The van der Waals surface area contributed by atoms with Gasteiger partial charge in [0, 0.05) is 6.04 Å². The third-order valence-electron chi connectivity index (χ3n) is 3.79. The van der Waals surface area contributed by atoms with Gasteiger partial charge < -0.3 is 14.6 Å². The molecule has 1 heterocycles. The van der Waals surface area contributed by atoms with Crippen molar-refractivity contribution in [2.24, 2.45) is 0 Å². The summed E-state index contributed by atoms with van der Waals surface area (Å²) in [5.41, 5.74) is 0. The van der Waals surface area contributed by atoms with E-state index in [1.54, 1.807) is 6.26 Å². The van der Waals surface area contributed by atoms with Crippen LogP contribution in [-0.4, -0.2) is 30.6 Å². The molecule has 0 saturated carbocycles. The van der Waals surface area contributed by atoms with Gasteiger partial charge in [0.2, 0.25) is 0 Å². The van der Waals surface area contributed by atoms with Gasteiger partial charge in [0.05, 0.1) is 12.3 Å². The molecule has 1 rings (SSSR count). The molecule has 19 heavy (non-hydrogen) atoms. The summed E-state index contributed by atoms with van der Waals surface area (Å²) >= 11 is 0. The van der Waals surface area contributed by atoms with E-state index in [0.717, 1.165) is 25.3 Å². The van der Waals surface area contributed by atoms with E-state index >= 15 is 0 Å². The highest BCUT2D eigenvalue weighted by molar-refractivity contribution is 5.04. The van der Waals surface area contributed by atoms with Crippen LogP contribution in [0.1, 0.15) is 58.8 Å². The Morgan fingerprint density at radius 1 is 1.26 bits per heavy atom. The number of rotatable bonds is 10. The van der Waals surface area contributed by atoms with E-state index in [4.69, 9.17) is 4.42 Å². The molecular formula is C16H30N2O. The standard InChI is InChI=1S/C16H30N2O/c1-5-15(16-11-9-13-19-16)17-14(4)10-8-12-18(6-2)7-3/h9,11,13-15,17H,5-8,10,12H2,1-4H3. The summed E-state index contributed by atoms with van der Waals surface area (Å²) in [6, 6.07) is 4.90. The SMILES string of the molecule is CCC(NC(C)CCCN(CC)CC)c1ccco1. The largest absolute Gasteiger partial charge is 0.468 e. The van der Waals surface area contributed by atoms with Crippen LogP contribution < -0.4 is 5.32 Å². The first-order chi connectivity index (χ1) is 9.21. The summed E-state index contributed by atoms with van der Waals surface area (Å²) in [6.45, 7) is 12.4. The molecule has 3 nitrogen and oxygen atoms in total. The van der Waals surface area contributed by atoms with Crippen LogP contribution in [0.25, 0.3) is 0 Å². The van der Waals surface area contributed by atoms with E-state index in [-0.39, 0.29) is 0 Å². The minimum absolute atomic E-state index is 0.346. The second-order valence-electron chi connectivity index (χ2n) is 5.21. The minimum atomic E-state index is 0.346. The van der Waals surface area contributed by atoms with E-state index in [0.29, 0.717) is 12.1 Å². The molecule has 2 unspecified atom stereocenters. The number of nitrogens with one attached hydrogen (secondary N) is 1. The van der Waals surface area contributed by atoms with Gasteiger partial charge >= 0.3 is 0 Å². The molecule has 1 N–H and O–H groups in total. The maximum atomic E-state index is 5.49. The molecule has 3 heteroatoms. The van der Waals surface area contributed by atoms with Crippen LogP contribution in [0, 0.1) is 0 Å². The van der Waals surface area contributed by atoms with Gasteiger partial charge in [-0.1, -0.05) is 20.8 Å². The zero-order valence-electron chi connectivity index (χ0n) is 13.0. The monoisotopic (exact) mass is 266 g/mol. The van der Waals surface area contributed by atoms with Crippen molar-refractivity contribution in [3.63, 3.8) is 0 Å². The van der Waals surface area contributed by atoms with Gasteiger partial charge in [0.25, 0.3) is 0 Å². The Balaban J connectivity index is 2.28. The zero-order valence-corrected chi connectivity index (χ0v) is 13.0. The maximum Gasteiger partial charge on any atom is 0.120 e.